The van der Waals surface area contributed by atoms with Crippen LogP contribution in [0.2, 0.25) is 0 Å². The van der Waals surface area contributed by atoms with Gasteiger partial charge in [0.25, 0.3) is 0 Å². The summed E-state index contributed by atoms with van der Waals surface area (Å²) in [4.78, 5) is 0. The maximum atomic E-state index is 2.42. The minimum Gasteiger partial charge on any atom is -0.0649 e. The van der Waals surface area contributed by atoms with Gasteiger partial charge in [0, 0.05) is 0 Å². The van der Waals surface area contributed by atoms with Crippen molar-refractivity contribution < 1.29 is 0 Å². The third-order valence-corrected chi connectivity index (χ3v) is 3.61. The molecule has 1 fully saturated rings. The highest BCUT2D eigenvalue weighted by atomic mass is 14.5. The summed E-state index contributed by atoms with van der Waals surface area (Å²) in [6, 6.07) is 0. The first-order valence-electron chi connectivity index (χ1n) is 4.99. The van der Waals surface area contributed by atoms with Gasteiger partial charge in [-0.1, -0.05) is 41.0 Å². The van der Waals surface area contributed by atoms with Crippen molar-refractivity contribution in [3.8, 4) is 0 Å². The zero-order chi connectivity index (χ0) is 8.65. The molecule has 0 nitrogen and oxygen atoms in total. The van der Waals surface area contributed by atoms with Crippen LogP contribution in [0.1, 0.15) is 47.5 Å². The van der Waals surface area contributed by atoms with Gasteiger partial charge in [0.1, 0.15) is 0 Å². The van der Waals surface area contributed by atoms with E-state index in [0.717, 1.165) is 17.8 Å². The molecule has 11 heavy (non-hydrogen) atoms. The van der Waals surface area contributed by atoms with E-state index in [1.807, 2.05) is 0 Å². The lowest BCUT2D eigenvalue weighted by atomic mass is 9.82. The average Bonchev–Trinajstić information content (AvgIpc) is 2.65. The lowest BCUT2D eigenvalue weighted by Gasteiger charge is -2.23. The quantitative estimate of drug-likeness (QED) is 0.581. The lowest BCUT2D eigenvalue weighted by molar-refractivity contribution is 0.266. The maximum absolute atomic E-state index is 2.42. The topological polar surface area (TPSA) is 0 Å². The van der Waals surface area contributed by atoms with Crippen LogP contribution in [-0.4, -0.2) is 0 Å². The third kappa shape index (κ3) is 1.77. The van der Waals surface area contributed by atoms with Crippen molar-refractivity contribution in [3.63, 3.8) is 0 Å². The molecule has 0 N–H and O–H groups in total. The molecule has 1 rings (SSSR count). The molecule has 1 aliphatic carbocycles. The zero-order valence-corrected chi connectivity index (χ0v) is 8.65. The Morgan fingerprint density at radius 2 is 1.91 bits per heavy atom. The standard InChI is InChI=1S/C11H22/c1-6-11(4,5)10-7-9(10)8(2)3/h8-10H,6-7H2,1-5H3. The van der Waals surface area contributed by atoms with Gasteiger partial charge in [-0.05, 0) is 29.6 Å². The highest BCUT2D eigenvalue weighted by Gasteiger charge is 2.47. The van der Waals surface area contributed by atoms with E-state index in [9.17, 15) is 0 Å². The Morgan fingerprint density at radius 1 is 1.36 bits per heavy atom. The number of rotatable bonds is 3. The van der Waals surface area contributed by atoms with Crippen LogP contribution in [0.3, 0.4) is 0 Å². The average molecular weight is 154 g/mol. The summed E-state index contributed by atoms with van der Waals surface area (Å²) < 4.78 is 0. The van der Waals surface area contributed by atoms with Crippen LogP contribution in [0, 0.1) is 23.2 Å². The molecule has 2 atom stereocenters. The second-order valence-electron chi connectivity index (χ2n) is 5.09. The van der Waals surface area contributed by atoms with E-state index in [1.165, 1.54) is 12.8 Å². The van der Waals surface area contributed by atoms with Gasteiger partial charge < -0.3 is 0 Å². The normalized spacial score (nSPS) is 31.1. The largest absolute Gasteiger partial charge is 0.0649 e. The number of hydrogen-bond acceptors (Lipinski definition) is 0. The third-order valence-electron chi connectivity index (χ3n) is 3.61. The van der Waals surface area contributed by atoms with Crippen molar-refractivity contribution in [1.29, 1.82) is 0 Å². The van der Waals surface area contributed by atoms with Crippen LogP contribution in [0.5, 0.6) is 0 Å². The monoisotopic (exact) mass is 154 g/mol. The van der Waals surface area contributed by atoms with E-state index in [4.69, 9.17) is 0 Å². The summed E-state index contributed by atoms with van der Waals surface area (Å²) in [7, 11) is 0. The van der Waals surface area contributed by atoms with Crippen LogP contribution >= 0.6 is 0 Å². The Balaban J connectivity index is 2.43. The molecule has 2 unspecified atom stereocenters. The molecule has 66 valence electrons. The molecular formula is C11H22. The van der Waals surface area contributed by atoms with Crippen molar-refractivity contribution >= 4 is 0 Å². The van der Waals surface area contributed by atoms with Gasteiger partial charge in [-0.15, -0.1) is 0 Å². The van der Waals surface area contributed by atoms with Gasteiger partial charge in [-0.25, -0.2) is 0 Å². The molecule has 0 radical (unpaired) electrons. The molecule has 0 aromatic heterocycles. The first kappa shape index (κ1) is 9.09. The minimum absolute atomic E-state index is 0.606. The van der Waals surface area contributed by atoms with Gasteiger partial charge in [0.2, 0.25) is 0 Å². The molecule has 0 heterocycles. The van der Waals surface area contributed by atoms with Crippen LogP contribution in [0.25, 0.3) is 0 Å². The van der Waals surface area contributed by atoms with Gasteiger partial charge in [0.15, 0.2) is 0 Å². The first-order chi connectivity index (χ1) is 4.99. The molecule has 1 aliphatic rings. The van der Waals surface area contributed by atoms with Crippen molar-refractivity contribution in [1.82, 2.24) is 0 Å². The van der Waals surface area contributed by atoms with Crippen molar-refractivity contribution in [2.24, 2.45) is 23.2 Å². The fourth-order valence-electron chi connectivity index (χ4n) is 2.11. The van der Waals surface area contributed by atoms with E-state index >= 15 is 0 Å². The Labute approximate surface area is 71.4 Å². The minimum atomic E-state index is 0.606. The highest BCUT2D eigenvalue weighted by molar-refractivity contribution is 4.96. The summed E-state index contributed by atoms with van der Waals surface area (Å²) in [6.45, 7) is 11.9. The van der Waals surface area contributed by atoms with Gasteiger partial charge in [-0.3, -0.25) is 0 Å². The predicted molar refractivity (Wildman–Crippen MR) is 50.5 cm³/mol. The lowest BCUT2D eigenvalue weighted by Crippen LogP contribution is -2.14. The molecule has 0 saturated heterocycles. The molecule has 0 aromatic rings. The fraction of sp³-hybridized carbons (Fsp3) is 1.00. The van der Waals surface area contributed by atoms with Gasteiger partial charge in [-0.2, -0.15) is 0 Å². The summed E-state index contributed by atoms with van der Waals surface area (Å²) >= 11 is 0. The van der Waals surface area contributed by atoms with E-state index in [-0.39, 0.29) is 0 Å². The first-order valence-corrected chi connectivity index (χ1v) is 4.99. The van der Waals surface area contributed by atoms with Crippen LogP contribution in [0.15, 0.2) is 0 Å². The van der Waals surface area contributed by atoms with Gasteiger partial charge >= 0.3 is 0 Å². The molecule has 0 aromatic carbocycles. The fourth-order valence-corrected chi connectivity index (χ4v) is 2.11. The van der Waals surface area contributed by atoms with Crippen LogP contribution in [-0.2, 0) is 0 Å². The Bertz CT molecular complexity index is 133. The van der Waals surface area contributed by atoms with E-state index in [2.05, 4.69) is 34.6 Å². The highest BCUT2D eigenvalue weighted by Crippen LogP contribution is 2.55. The molecule has 0 spiro atoms. The van der Waals surface area contributed by atoms with E-state index in [0.29, 0.717) is 5.41 Å². The predicted octanol–water partition coefficient (Wildman–Crippen LogP) is 3.71. The maximum Gasteiger partial charge on any atom is -0.0326 e. The van der Waals surface area contributed by atoms with Crippen molar-refractivity contribution in [3.05, 3.63) is 0 Å². The Hall–Kier alpha value is 0. The van der Waals surface area contributed by atoms with Crippen molar-refractivity contribution in [2.45, 2.75) is 47.5 Å². The van der Waals surface area contributed by atoms with Gasteiger partial charge in [0.05, 0.1) is 0 Å². The second kappa shape index (κ2) is 2.80. The molecule has 0 bridgehead atoms. The smallest absolute Gasteiger partial charge is 0.0326 e. The summed E-state index contributed by atoms with van der Waals surface area (Å²) in [5, 5.41) is 0. The molecular weight excluding hydrogens is 132 g/mol. The summed E-state index contributed by atoms with van der Waals surface area (Å²) in [5.41, 5.74) is 0.606. The summed E-state index contributed by atoms with van der Waals surface area (Å²) in [5.74, 6) is 2.96. The number of hydrogen-bond donors (Lipinski definition) is 0. The molecule has 0 amide bonds. The zero-order valence-electron chi connectivity index (χ0n) is 8.65. The van der Waals surface area contributed by atoms with E-state index in [1.54, 1.807) is 0 Å². The SMILES string of the molecule is CCC(C)(C)C1CC1C(C)C. The molecule has 0 aliphatic heterocycles. The molecule has 0 heteroatoms. The Morgan fingerprint density at radius 3 is 2.18 bits per heavy atom. The summed E-state index contributed by atoms with van der Waals surface area (Å²) in [6.07, 6.45) is 2.82. The molecule has 1 saturated carbocycles. The van der Waals surface area contributed by atoms with Crippen LogP contribution < -0.4 is 0 Å². The Kier molecular flexibility index (Phi) is 2.32. The van der Waals surface area contributed by atoms with E-state index < -0.39 is 0 Å². The second-order valence-corrected chi connectivity index (χ2v) is 5.09. The van der Waals surface area contributed by atoms with Crippen molar-refractivity contribution in [2.75, 3.05) is 0 Å². The van der Waals surface area contributed by atoms with Crippen LogP contribution in [0.4, 0.5) is 0 Å².